The summed E-state index contributed by atoms with van der Waals surface area (Å²) in [6.07, 6.45) is 1.61. The van der Waals surface area contributed by atoms with E-state index in [4.69, 9.17) is 9.63 Å². The van der Waals surface area contributed by atoms with Crippen LogP contribution in [0.4, 0.5) is 5.82 Å². The summed E-state index contributed by atoms with van der Waals surface area (Å²) in [5.74, 6) is 0.0878. The highest BCUT2D eigenvalue weighted by Gasteiger charge is 2.12. The van der Waals surface area contributed by atoms with Crippen molar-refractivity contribution in [3.05, 3.63) is 30.1 Å². The maximum absolute atomic E-state index is 10.6. The van der Waals surface area contributed by atoms with Gasteiger partial charge in [0.1, 0.15) is 5.82 Å². The van der Waals surface area contributed by atoms with Crippen LogP contribution in [0, 0.1) is 0 Å². The molecule has 2 aromatic rings. The summed E-state index contributed by atoms with van der Waals surface area (Å²) in [6, 6.07) is 4.99. The van der Waals surface area contributed by atoms with E-state index in [9.17, 15) is 4.79 Å². The van der Waals surface area contributed by atoms with Gasteiger partial charge in [0, 0.05) is 31.9 Å². The van der Waals surface area contributed by atoms with E-state index in [1.165, 1.54) is 6.07 Å². The van der Waals surface area contributed by atoms with Gasteiger partial charge in [0.05, 0.1) is 0 Å². The van der Waals surface area contributed by atoms with Gasteiger partial charge in [-0.1, -0.05) is 5.16 Å². The summed E-state index contributed by atoms with van der Waals surface area (Å²) in [4.78, 5) is 16.7. The minimum Gasteiger partial charge on any atom is -0.476 e. The Kier molecular flexibility index (Phi) is 2.78. The number of aromatic nitrogens is 2. The summed E-state index contributed by atoms with van der Waals surface area (Å²) >= 11 is 0. The fourth-order valence-electron chi connectivity index (χ4n) is 1.31. The monoisotopic (exact) mass is 233 g/mol. The van der Waals surface area contributed by atoms with Crippen molar-refractivity contribution in [2.75, 3.05) is 19.0 Å². The highest BCUT2D eigenvalue weighted by Crippen LogP contribution is 2.21. The molecular formula is C11H11N3O3. The Hall–Kier alpha value is -2.37. The molecule has 0 aliphatic rings. The number of carbonyl (C=O) groups is 1. The molecule has 88 valence electrons. The third-order valence-electron chi connectivity index (χ3n) is 2.22. The molecule has 1 N–H and O–H groups in total. The Morgan fingerprint density at radius 3 is 2.65 bits per heavy atom. The lowest BCUT2D eigenvalue weighted by molar-refractivity contribution is 0.0686. The molecule has 0 atom stereocenters. The molecule has 0 aliphatic carbocycles. The molecule has 0 bridgehead atoms. The third kappa shape index (κ3) is 2.25. The van der Waals surface area contributed by atoms with Gasteiger partial charge in [-0.05, 0) is 12.1 Å². The standard InChI is InChI=1S/C11H11N3O3/c1-14(2)10-4-3-7(6-12-10)9-5-8(11(15)16)13-17-9/h3-6H,1-2H3,(H,15,16). The zero-order chi connectivity index (χ0) is 12.4. The van der Waals surface area contributed by atoms with Crippen LogP contribution in [-0.2, 0) is 0 Å². The molecule has 0 radical (unpaired) electrons. The van der Waals surface area contributed by atoms with E-state index in [0.29, 0.717) is 11.3 Å². The van der Waals surface area contributed by atoms with Crippen molar-refractivity contribution in [3.8, 4) is 11.3 Å². The van der Waals surface area contributed by atoms with Gasteiger partial charge in [-0.3, -0.25) is 0 Å². The normalized spacial score (nSPS) is 10.2. The van der Waals surface area contributed by atoms with Crippen molar-refractivity contribution in [2.45, 2.75) is 0 Å². The number of nitrogens with zero attached hydrogens (tertiary/aromatic N) is 3. The summed E-state index contributed by atoms with van der Waals surface area (Å²) in [6.45, 7) is 0. The van der Waals surface area contributed by atoms with Crippen LogP contribution in [-0.4, -0.2) is 35.3 Å². The van der Waals surface area contributed by atoms with Gasteiger partial charge < -0.3 is 14.5 Å². The van der Waals surface area contributed by atoms with E-state index in [0.717, 1.165) is 5.82 Å². The van der Waals surface area contributed by atoms with Gasteiger partial charge in [-0.2, -0.15) is 0 Å². The van der Waals surface area contributed by atoms with Crippen molar-refractivity contribution in [1.29, 1.82) is 0 Å². The molecule has 0 saturated heterocycles. The third-order valence-corrected chi connectivity index (χ3v) is 2.22. The highest BCUT2D eigenvalue weighted by atomic mass is 16.5. The molecule has 6 heteroatoms. The minimum atomic E-state index is -1.11. The Morgan fingerprint density at radius 2 is 2.18 bits per heavy atom. The molecule has 6 nitrogen and oxygen atoms in total. The van der Waals surface area contributed by atoms with Gasteiger partial charge in [0.25, 0.3) is 0 Å². The first kappa shape index (κ1) is 11.1. The van der Waals surface area contributed by atoms with Gasteiger partial charge in [0.15, 0.2) is 11.5 Å². The SMILES string of the molecule is CN(C)c1ccc(-c2cc(C(=O)O)no2)cn1. The minimum absolute atomic E-state index is 0.114. The van der Waals surface area contributed by atoms with Crippen LogP contribution < -0.4 is 4.90 Å². The quantitative estimate of drug-likeness (QED) is 0.865. The number of anilines is 1. The van der Waals surface area contributed by atoms with Crippen LogP contribution in [0.15, 0.2) is 28.9 Å². The molecule has 0 amide bonds. The molecule has 2 aromatic heterocycles. The van der Waals surface area contributed by atoms with Crippen molar-refractivity contribution in [1.82, 2.24) is 10.1 Å². The van der Waals surface area contributed by atoms with E-state index < -0.39 is 5.97 Å². The molecule has 0 aromatic carbocycles. The van der Waals surface area contributed by atoms with Crippen LogP contribution in [0.2, 0.25) is 0 Å². The van der Waals surface area contributed by atoms with E-state index in [1.54, 1.807) is 12.3 Å². The average molecular weight is 233 g/mol. The Labute approximate surface area is 97.5 Å². The van der Waals surface area contributed by atoms with Crippen molar-refractivity contribution < 1.29 is 14.4 Å². The number of carboxylic acids is 1. The second-order valence-corrected chi connectivity index (χ2v) is 3.68. The lowest BCUT2D eigenvalue weighted by Gasteiger charge is -2.10. The molecule has 17 heavy (non-hydrogen) atoms. The van der Waals surface area contributed by atoms with Crippen LogP contribution >= 0.6 is 0 Å². The van der Waals surface area contributed by atoms with E-state index >= 15 is 0 Å². The lowest BCUT2D eigenvalue weighted by atomic mass is 10.2. The topological polar surface area (TPSA) is 79.5 Å². The average Bonchev–Trinajstić information content (AvgIpc) is 2.78. The number of aromatic carboxylic acids is 1. The molecule has 2 rings (SSSR count). The zero-order valence-electron chi connectivity index (χ0n) is 9.41. The van der Waals surface area contributed by atoms with Crippen molar-refractivity contribution >= 4 is 11.8 Å². The molecule has 0 spiro atoms. The van der Waals surface area contributed by atoms with Gasteiger partial charge in [0.2, 0.25) is 0 Å². The summed E-state index contributed by atoms with van der Waals surface area (Å²) in [7, 11) is 3.78. The Balaban J connectivity index is 2.30. The first-order valence-electron chi connectivity index (χ1n) is 4.91. The fourth-order valence-corrected chi connectivity index (χ4v) is 1.31. The molecular weight excluding hydrogens is 222 g/mol. The summed E-state index contributed by atoms with van der Waals surface area (Å²) in [5.41, 5.74) is 0.576. The van der Waals surface area contributed by atoms with E-state index in [2.05, 4.69) is 10.1 Å². The number of hydrogen-bond donors (Lipinski definition) is 1. The van der Waals surface area contributed by atoms with Crippen LogP contribution in [0.1, 0.15) is 10.5 Å². The van der Waals surface area contributed by atoms with E-state index in [1.807, 2.05) is 25.1 Å². The predicted octanol–water partition coefficient (Wildman–Crippen LogP) is 1.50. The van der Waals surface area contributed by atoms with Crippen LogP contribution in [0.5, 0.6) is 0 Å². The van der Waals surface area contributed by atoms with Crippen molar-refractivity contribution in [2.24, 2.45) is 0 Å². The largest absolute Gasteiger partial charge is 0.476 e. The van der Waals surface area contributed by atoms with Crippen molar-refractivity contribution in [3.63, 3.8) is 0 Å². The molecule has 0 unspecified atom stereocenters. The predicted molar refractivity (Wildman–Crippen MR) is 61.0 cm³/mol. The van der Waals surface area contributed by atoms with Gasteiger partial charge in [-0.15, -0.1) is 0 Å². The molecule has 0 aliphatic heterocycles. The first-order valence-corrected chi connectivity index (χ1v) is 4.91. The number of hydrogen-bond acceptors (Lipinski definition) is 5. The lowest BCUT2D eigenvalue weighted by Crippen LogP contribution is -2.09. The van der Waals surface area contributed by atoms with Gasteiger partial charge in [-0.25, -0.2) is 9.78 Å². The first-order chi connectivity index (χ1) is 8.08. The number of pyridine rings is 1. The Bertz CT molecular complexity index is 531. The zero-order valence-corrected chi connectivity index (χ0v) is 9.41. The number of carboxylic acid groups (broad SMARTS) is 1. The number of rotatable bonds is 3. The molecule has 0 fully saturated rings. The molecule has 2 heterocycles. The van der Waals surface area contributed by atoms with Crippen LogP contribution in [0.3, 0.4) is 0 Å². The Morgan fingerprint density at radius 1 is 1.41 bits per heavy atom. The van der Waals surface area contributed by atoms with Crippen LogP contribution in [0.25, 0.3) is 11.3 Å². The fraction of sp³-hybridized carbons (Fsp3) is 0.182. The maximum Gasteiger partial charge on any atom is 0.358 e. The second kappa shape index (κ2) is 4.25. The summed E-state index contributed by atoms with van der Waals surface area (Å²) < 4.78 is 4.93. The molecule has 0 saturated carbocycles. The van der Waals surface area contributed by atoms with E-state index in [-0.39, 0.29) is 5.69 Å². The maximum atomic E-state index is 10.6. The van der Waals surface area contributed by atoms with Gasteiger partial charge >= 0.3 is 5.97 Å². The second-order valence-electron chi connectivity index (χ2n) is 3.68. The summed E-state index contributed by atoms with van der Waals surface area (Å²) in [5, 5.41) is 12.2. The highest BCUT2D eigenvalue weighted by molar-refractivity contribution is 5.86. The smallest absolute Gasteiger partial charge is 0.358 e.